The molecule has 2 atom stereocenters. The first-order chi connectivity index (χ1) is 14.0. The molecule has 0 aliphatic carbocycles. The fourth-order valence-corrected chi connectivity index (χ4v) is 8.80. The van der Waals surface area contributed by atoms with Crippen LogP contribution in [-0.4, -0.2) is 45.4 Å². The molecule has 0 spiro atoms. The van der Waals surface area contributed by atoms with Gasteiger partial charge in [-0.2, -0.15) is 0 Å². The Labute approximate surface area is 184 Å². The number of hydrogen-bond donors (Lipinski definition) is 2. The predicted molar refractivity (Wildman–Crippen MR) is 131 cm³/mol. The van der Waals surface area contributed by atoms with E-state index in [1.807, 2.05) is 12.1 Å². The topological polar surface area (TPSA) is 49.7 Å². The zero-order valence-corrected chi connectivity index (χ0v) is 21.1. The Bertz CT molecular complexity index is 804. The number of aliphatic hydroxyl groups is 2. The van der Waals surface area contributed by atoms with Crippen molar-refractivity contribution in [2.24, 2.45) is 0 Å². The van der Waals surface area contributed by atoms with Crippen molar-refractivity contribution in [1.82, 2.24) is 0 Å². The zero-order valence-electron chi connectivity index (χ0n) is 19.1. The highest BCUT2D eigenvalue weighted by Crippen LogP contribution is 2.36. The third kappa shape index (κ3) is 6.16. The highest BCUT2D eigenvalue weighted by Gasteiger charge is 2.50. The SMILES string of the molecule is CC(C)(C)[Si](OCCC(O)C(O)C#C[Si](C)(C)C)(c1ccccc1)c1ccccc1. The molecule has 0 bridgehead atoms. The van der Waals surface area contributed by atoms with E-state index in [-0.39, 0.29) is 5.04 Å². The molecule has 0 saturated carbocycles. The summed E-state index contributed by atoms with van der Waals surface area (Å²) in [6.07, 6.45) is -1.63. The molecule has 0 radical (unpaired) electrons. The summed E-state index contributed by atoms with van der Waals surface area (Å²) in [5.74, 6) is 2.84. The second kappa shape index (κ2) is 10.1. The molecule has 3 nitrogen and oxygen atoms in total. The molecule has 5 heteroatoms. The predicted octanol–water partition coefficient (Wildman–Crippen LogP) is 3.56. The normalized spacial score (nSPS) is 14.5. The van der Waals surface area contributed by atoms with Gasteiger partial charge >= 0.3 is 0 Å². The molecule has 0 heterocycles. The molecule has 162 valence electrons. The summed E-state index contributed by atoms with van der Waals surface area (Å²) >= 11 is 0. The summed E-state index contributed by atoms with van der Waals surface area (Å²) in [4.78, 5) is 0. The van der Waals surface area contributed by atoms with Crippen molar-refractivity contribution in [3.05, 3.63) is 60.7 Å². The van der Waals surface area contributed by atoms with Crippen molar-refractivity contribution < 1.29 is 14.6 Å². The van der Waals surface area contributed by atoms with Gasteiger partial charge in [0.25, 0.3) is 8.32 Å². The van der Waals surface area contributed by atoms with Gasteiger partial charge in [0.05, 0.1) is 6.10 Å². The number of hydrogen-bond acceptors (Lipinski definition) is 3. The van der Waals surface area contributed by atoms with Gasteiger partial charge in [-0.1, -0.05) is 107 Å². The maximum Gasteiger partial charge on any atom is 0.261 e. The van der Waals surface area contributed by atoms with E-state index < -0.39 is 28.6 Å². The van der Waals surface area contributed by atoms with Gasteiger partial charge in [-0.3, -0.25) is 0 Å². The molecule has 2 aromatic carbocycles. The molecule has 30 heavy (non-hydrogen) atoms. The average Bonchev–Trinajstić information content (AvgIpc) is 2.69. The average molecular weight is 441 g/mol. The van der Waals surface area contributed by atoms with Crippen LogP contribution in [0.5, 0.6) is 0 Å². The highest BCUT2D eigenvalue weighted by molar-refractivity contribution is 6.99. The van der Waals surface area contributed by atoms with Crippen LogP contribution in [0.3, 0.4) is 0 Å². The molecule has 2 aromatic rings. The quantitative estimate of drug-likeness (QED) is 0.511. The third-order valence-corrected chi connectivity index (χ3v) is 11.0. The van der Waals surface area contributed by atoms with Crippen LogP contribution in [0.4, 0.5) is 0 Å². The highest BCUT2D eigenvalue weighted by atomic mass is 28.4. The van der Waals surface area contributed by atoms with Crippen LogP contribution in [0.2, 0.25) is 24.7 Å². The summed E-state index contributed by atoms with van der Waals surface area (Å²) in [6.45, 7) is 13.4. The summed E-state index contributed by atoms with van der Waals surface area (Å²) in [6, 6.07) is 20.9. The molecular weight excluding hydrogens is 404 g/mol. The van der Waals surface area contributed by atoms with Gasteiger partial charge in [-0.25, -0.2) is 0 Å². The van der Waals surface area contributed by atoms with E-state index in [0.29, 0.717) is 13.0 Å². The fraction of sp³-hybridized carbons (Fsp3) is 0.440. The first-order valence-corrected chi connectivity index (χ1v) is 16.0. The van der Waals surface area contributed by atoms with E-state index in [2.05, 4.69) is 100 Å². The molecule has 2 rings (SSSR count). The fourth-order valence-electron chi connectivity index (χ4n) is 3.64. The minimum Gasteiger partial charge on any atom is -0.407 e. The van der Waals surface area contributed by atoms with Crippen LogP contribution in [0.1, 0.15) is 27.2 Å². The second-order valence-corrected chi connectivity index (χ2v) is 18.9. The number of benzene rings is 2. The van der Waals surface area contributed by atoms with Gasteiger partial charge in [0.15, 0.2) is 0 Å². The van der Waals surface area contributed by atoms with Gasteiger partial charge in [-0.05, 0) is 21.8 Å². The largest absolute Gasteiger partial charge is 0.407 e. The van der Waals surface area contributed by atoms with Crippen LogP contribution < -0.4 is 10.4 Å². The molecule has 0 amide bonds. The lowest BCUT2D eigenvalue weighted by molar-refractivity contribution is 0.0383. The van der Waals surface area contributed by atoms with Gasteiger partial charge < -0.3 is 14.6 Å². The molecule has 2 N–H and O–H groups in total. The van der Waals surface area contributed by atoms with Gasteiger partial charge in [0.1, 0.15) is 14.2 Å². The standard InChI is InChI=1S/C25H36O3Si2/c1-25(2,3)30(21-13-9-7-10-14-21,22-15-11-8-12-16-22)28-19-17-23(26)24(27)18-20-29(4,5)6/h7-16,23-24,26-27H,17,19H2,1-6H3. The molecule has 0 saturated heterocycles. The molecule has 0 aliphatic heterocycles. The van der Waals surface area contributed by atoms with Crippen molar-refractivity contribution >= 4 is 26.8 Å². The summed E-state index contributed by atoms with van der Waals surface area (Å²) in [5.41, 5.74) is 3.13. The van der Waals surface area contributed by atoms with Gasteiger partial charge in [0.2, 0.25) is 0 Å². The van der Waals surface area contributed by atoms with Crippen LogP contribution in [0.25, 0.3) is 0 Å². The summed E-state index contributed by atoms with van der Waals surface area (Å²) in [7, 11) is -4.22. The monoisotopic (exact) mass is 440 g/mol. The van der Waals surface area contributed by atoms with Crippen molar-refractivity contribution in [3.8, 4) is 11.5 Å². The van der Waals surface area contributed by atoms with Crippen molar-refractivity contribution in [1.29, 1.82) is 0 Å². The van der Waals surface area contributed by atoms with Crippen molar-refractivity contribution in [2.75, 3.05) is 6.61 Å². The first kappa shape index (κ1) is 24.6. The molecule has 2 unspecified atom stereocenters. The van der Waals surface area contributed by atoms with Crippen LogP contribution >= 0.6 is 0 Å². The van der Waals surface area contributed by atoms with Crippen LogP contribution in [0, 0.1) is 11.5 Å². The van der Waals surface area contributed by atoms with E-state index in [0.717, 1.165) is 0 Å². The van der Waals surface area contributed by atoms with E-state index in [1.54, 1.807) is 0 Å². The van der Waals surface area contributed by atoms with E-state index in [9.17, 15) is 10.2 Å². The van der Waals surface area contributed by atoms with E-state index in [4.69, 9.17) is 4.43 Å². The van der Waals surface area contributed by atoms with Crippen molar-refractivity contribution in [3.63, 3.8) is 0 Å². The Hall–Kier alpha value is -1.69. The Morgan fingerprint density at radius 2 is 1.33 bits per heavy atom. The minimum absolute atomic E-state index is 0.114. The second-order valence-electron chi connectivity index (χ2n) is 9.83. The molecule has 0 aromatic heterocycles. The molecule has 0 fully saturated rings. The first-order valence-electron chi connectivity index (χ1n) is 10.6. The van der Waals surface area contributed by atoms with Crippen LogP contribution in [-0.2, 0) is 4.43 Å². The maximum atomic E-state index is 10.5. The molecule has 0 aliphatic rings. The minimum atomic E-state index is -2.62. The maximum absolute atomic E-state index is 10.5. The Balaban J connectivity index is 2.30. The van der Waals surface area contributed by atoms with Crippen LogP contribution in [0.15, 0.2) is 60.7 Å². The third-order valence-electron chi connectivity index (χ3n) is 5.11. The van der Waals surface area contributed by atoms with Gasteiger partial charge in [0, 0.05) is 6.61 Å². The summed E-state index contributed by atoms with van der Waals surface area (Å²) < 4.78 is 6.76. The lowest BCUT2D eigenvalue weighted by Crippen LogP contribution is -2.66. The van der Waals surface area contributed by atoms with E-state index >= 15 is 0 Å². The van der Waals surface area contributed by atoms with E-state index in [1.165, 1.54) is 10.4 Å². The summed E-state index contributed by atoms with van der Waals surface area (Å²) in [5, 5.41) is 23.0. The van der Waals surface area contributed by atoms with Gasteiger partial charge in [-0.15, -0.1) is 5.54 Å². The Kier molecular flexibility index (Phi) is 8.26. The number of aliphatic hydroxyl groups excluding tert-OH is 2. The smallest absolute Gasteiger partial charge is 0.261 e. The molecular formula is C25H36O3Si2. The zero-order chi connectivity index (χ0) is 22.4. The Morgan fingerprint density at radius 3 is 1.73 bits per heavy atom. The Morgan fingerprint density at radius 1 is 0.867 bits per heavy atom. The lowest BCUT2D eigenvalue weighted by atomic mass is 10.1. The lowest BCUT2D eigenvalue weighted by Gasteiger charge is -2.43. The number of rotatable bonds is 7. The van der Waals surface area contributed by atoms with Crippen molar-refractivity contribution in [2.45, 2.75) is 64.1 Å².